The molecule has 2 heterocycles. The van der Waals surface area contributed by atoms with Gasteiger partial charge in [0.15, 0.2) is 0 Å². The maximum atomic E-state index is 12.7. The Bertz CT molecular complexity index is 836. The van der Waals surface area contributed by atoms with Crippen LogP contribution in [0.2, 0.25) is 0 Å². The van der Waals surface area contributed by atoms with Crippen molar-refractivity contribution in [1.29, 1.82) is 0 Å². The fourth-order valence-electron chi connectivity index (χ4n) is 3.79. The molecule has 2 fully saturated rings. The number of hydrogen-bond donors (Lipinski definition) is 2. The molecule has 2 N–H and O–H groups in total. The third-order valence-electron chi connectivity index (χ3n) is 5.28. The van der Waals surface area contributed by atoms with Crippen molar-refractivity contribution in [2.24, 2.45) is 7.05 Å². The van der Waals surface area contributed by atoms with Gasteiger partial charge in [-0.25, -0.2) is 4.98 Å². The van der Waals surface area contributed by atoms with Crippen LogP contribution >= 0.6 is 0 Å². The van der Waals surface area contributed by atoms with E-state index < -0.39 is 0 Å². The molecule has 0 aliphatic heterocycles. The number of aryl methyl sites for hydroxylation is 1. The van der Waals surface area contributed by atoms with Gasteiger partial charge >= 0.3 is 0 Å². The highest BCUT2D eigenvalue weighted by molar-refractivity contribution is 5.92. The first-order valence-corrected chi connectivity index (χ1v) is 9.02. The Morgan fingerprint density at radius 3 is 2.80 bits per heavy atom. The van der Waals surface area contributed by atoms with Gasteiger partial charge < -0.3 is 10.3 Å². The molecule has 2 saturated carbocycles. The van der Waals surface area contributed by atoms with Gasteiger partial charge in [0.1, 0.15) is 11.5 Å². The first kappa shape index (κ1) is 16.1. The molecule has 2 aliphatic carbocycles. The van der Waals surface area contributed by atoms with E-state index in [0.717, 1.165) is 44.2 Å². The van der Waals surface area contributed by atoms with E-state index in [1.807, 2.05) is 17.8 Å². The number of H-pyrrole nitrogens is 1. The van der Waals surface area contributed by atoms with E-state index in [-0.39, 0.29) is 29.1 Å². The number of carbonyl (C=O) groups is 1. The molecule has 2 aromatic heterocycles. The summed E-state index contributed by atoms with van der Waals surface area (Å²) in [5, 5.41) is 7.38. The third-order valence-corrected chi connectivity index (χ3v) is 5.28. The third kappa shape index (κ3) is 3.36. The van der Waals surface area contributed by atoms with Gasteiger partial charge in [-0.1, -0.05) is 12.8 Å². The second-order valence-corrected chi connectivity index (χ2v) is 7.14. The fourth-order valence-corrected chi connectivity index (χ4v) is 3.79. The minimum absolute atomic E-state index is 0.0436. The Labute approximate surface area is 145 Å². The first-order valence-electron chi connectivity index (χ1n) is 9.02. The second-order valence-electron chi connectivity index (χ2n) is 7.14. The molecule has 25 heavy (non-hydrogen) atoms. The second kappa shape index (κ2) is 6.46. The van der Waals surface area contributed by atoms with Crippen molar-refractivity contribution in [2.45, 2.75) is 56.4 Å². The molecule has 7 heteroatoms. The Hall–Kier alpha value is -2.44. The Balaban J connectivity index is 1.54. The molecule has 2 aliphatic rings. The van der Waals surface area contributed by atoms with E-state index in [2.05, 4.69) is 20.4 Å². The van der Waals surface area contributed by atoms with E-state index in [1.54, 1.807) is 6.20 Å². The average Bonchev–Trinajstić information content (AvgIpc) is 3.37. The van der Waals surface area contributed by atoms with Crippen molar-refractivity contribution in [1.82, 2.24) is 25.1 Å². The molecule has 1 amide bonds. The van der Waals surface area contributed by atoms with Crippen LogP contribution in [0.3, 0.4) is 0 Å². The van der Waals surface area contributed by atoms with E-state index >= 15 is 0 Å². The monoisotopic (exact) mass is 341 g/mol. The zero-order chi connectivity index (χ0) is 17.4. The molecular weight excluding hydrogens is 318 g/mol. The van der Waals surface area contributed by atoms with Crippen LogP contribution < -0.4 is 10.9 Å². The van der Waals surface area contributed by atoms with Crippen LogP contribution in [0.15, 0.2) is 23.1 Å². The predicted molar refractivity (Wildman–Crippen MR) is 92.5 cm³/mol. The normalized spacial score (nSPS) is 23.4. The van der Waals surface area contributed by atoms with Crippen LogP contribution in [-0.2, 0) is 7.05 Å². The number of rotatable bonds is 4. The maximum Gasteiger partial charge on any atom is 0.270 e. The van der Waals surface area contributed by atoms with Gasteiger partial charge in [-0.2, -0.15) is 5.10 Å². The van der Waals surface area contributed by atoms with Gasteiger partial charge in [0.2, 0.25) is 0 Å². The molecule has 0 bridgehead atoms. The zero-order valence-corrected chi connectivity index (χ0v) is 14.4. The van der Waals surface area contributed by atoms with Gasteiger partial charge in [-0.3, -0.25) is 14.3 Å². The summed E-state index contributed by atoms with van der Waals surface area (Å²) in [4.78, 5) is 31.7. The lowest BCUT2D eigenvalue weighted by atomic mass is 9.82. The Morgan fingerprint density at radius 2 is 2.08 bits per heavy atom. The van der Waals surface area contributed by atoms with Crippen LogP contribution in [0, 0.1) is 0 Å². The van der Waals surface area contributed by atoms with Crippen LogP contribution in [0.25, 0.3) is 0 Å². The molecule has 0 saturated heterocycles. The summed E-state index contributed by atoms with van der Waals surface area (Å²) in [5.74, 6) is 0.934. The number of hydrogen-bond acceptors (Lipinski definition) is 4. The summed E-state index contributed by atoms with van der Waals surface area (Å²) in [7, 11) is 1.93. The van der Waals surface area contributed by atoms with Crippen molar-refractivity contribution in [3.63, 3.8) is 0 Å². The molecule has 132 valence electrons. The van der Waals surface area contributed by atoms with Gasteiger partial charge in [0.25, 0.3) is 11.5 Å². The SMILES string of the molecule is Cn1nccc1[C@@H]1CCCC[C@@H]1NC(=O)c1cc(=O)[nH]c(C2CC2)n1. The molecule has 0 spiro atoms. The van der Waals surface area contributed by atoms with Gasteiger partial charge in [0.05, 0.1) is 0 Å². The maximum absolute atomic E-state index is 12.7. The average molecular weight is 341 g/mol. The lowest BCUT2D eigenvalue weighted by Crippen LogP contribution is -2.42. The molecular formula is C18H23N5O2. The lowest BCUT2D eigenvalue weighted by Gasteiger charge is -2.32. The molecule has 7 nitrogen and oxygen atoms in total. The van der Waals surface area contributed by atoms with Crippen molar-refractivity contribution >= 4 is 5.91 Å². The summed E-state index contributed by atoms with van der Waals surface area (Å²) >= 11 is 0. The van der Waals surface area contributed by atoms with E-state index in [0.29, 0.717) is 11.7 Å². The summed E-state index contributed by atoms with van der Waals surface area (Å²) in [5.41, 5.74) is 1.11. The first-order chi connectivity index (χ1) is 12.1. The van der Waals surface area contributed by atoms with E-state index in [9.17, 15) is 9.59 Å². The minimum Gasteiger partial charge on any atom is -0.347 e. The fraction of sp³-hybridized carbons (Fsp3) is 0.556. The predicted octanol–water partition coefficient (Wildman–Crippen LogP) is 1.84. The quantitative estimate of drug-likeness (QED) is 0.887. The number of aromatic nitrogens is 4. The van der Waals surface area contributed by atoms with E-state index in [1.165, 1.54) is 6.07 Å². The van der Waals surface area contributed by atoms with Gasteiger partial charge in [-0.05, 0) is 31.7 Å². The highest BCUT2D eigenvalue weighted by Gasteiger charge is 2.31. The summed E-state index contributed by atoms with van der Waals surface area (Å²) < 4.78 is 1.88. The smallest absolute Gasteiger partial charge is 0.270 e. The van der Waals surface area contributed by atoms with Crippen LogP contribution in [0.5, 0.6) is 0 Å². The van der Waals surface area contributed by atoms with Crippen LogP contribution in [-0.4, -0.2) is 31.7 Å². The van der Waals surface area contributed by atoms with E-state index in [4.69, 9.17) is 0 Å². The summed E-state index contributed by atoms with van der Waals surface area (Å²) in [6.45, 7) is 0. The summed E-state index contributed by atoms with van der Waals surface area (Å²) in [6.07, 6.45) is 8.05. The Kier molecular flexibility index (Phi) is 4.15. The zero-order valence-electron chi connectivity index (χ0n) is 14.4. The van der Waals surface area contributed by atoms with Crippen molar-refractivity contribution in [3.8, 4) is 0 Å². The number of aromatic amines is 1. The number of amides is 1. The van der Waals surface area contributed by atoms with Crippen LogP contribution in [0.1, 0.15) is 72.4 Å². The van der Waals surface area contributed by atoms with Crippen LogP contribution in [0.4, 0.5) is 0 Å². The molecule has 0 aromatic carbocycles. The van der Waals surface area contributed by atoms with Crippen molar-refractivity contribution in [3.05, 3.63) is 45.9 Å². The highest BCUT2D eigenvalue weighted by Crippen LogP contribution is 2.37. The molecule has 2 aromatic rings. The van der Waals surface area contributed by atoms with Gasteiger partial charge in [-0.15, -0.1) is 0 Å². The molecule has 0 unspecified atom stereocenters. The van der Waals surface area contributed by atoms with Crippen molar-refractivity contribution < 1.29 is 4.79 Å². The number of nitrogens with one attached hydrogen (secondary N) is 2. The lowest BCUT2D eigenvalue weighted by molar-refractivity contribution is 0.0914. The molecule has 4 rings (SSSR count). The largest absolute Gasteiger partial charge is 0.347 e. The standard InChI is InChI=1S/C18H23N5O2/c1-23-15(8-9-19-23)12-4-2-3-5-13(12)21-18(25)14-10-16(24)22-17(20-14)11-6-7-11/h8-13H,2-7H2,1H3,(H,21,25)(H,20,22,24)/t12-,13+/m1/s1. The van der Waals surface area contributed by atoms with Crippen molar-refractivity contribution in [2.75, 3.05) is 0 Å². The summed E-state index contributed by atoms with van der Waals surface area (Å²) in [6, 6.07) is 3.36. The highest BCUT2D eigenvalue weighted by atomic mass is 16.2. The minimum atomic E-state index is -0.257. The number of carbonyl (C=O) groups excluding carboxylic acids is 1. The molecule has 2 atom stereocenters. The molecule has 0 radical (unpaired) electrons. The Morgan fingerprint density at radius 1 is 1.28 bits per heavy atom. The van der Waals surface area contributed by atoms with Gasteiger partial charge in [0, 0.05) is 42.9 Å². The topological polar surface area (TPSA) is 92.7 Å². The number of nitrogens with zero attached hydrogens (tertiary/aromatic N) is 3.